The molecule has 0 radical (unpaired) electrons. The highest BCUT2D eigenvalue weighted by molar-refractivity contribution is 4.98. The molecule has 3 aliphatic rings. The molecule has 0 aromatic rings. The van der Waals surface area contributed by atoms with Gasteiger partial charge in [-0.2, -0.15) is 0 Å². The van der Waals surface area contributed by atoms with Gasteiger partial charge in [0.2, 0.25) is 0 Å². The summed E-state index contributed by atoms with van der Waals surface area (Å²) in [6.07, 6.45) is 11.5. The summed E-state index contributed by atoms with van der Waals surface area (Å²) >= 11 is 0. The van der Waals surface area contributed by atoms with Gasteiger partial charge in [0.1, 0.15) is 0 Å². The maximum absolute atomic E-state index is 3.88. The van der Waals surface area contributed by atoms with E-state index in [0.29, 0.717) is 5.54 Å². The molecule has 1 N–H and O–H groups in total. The lowest BCUT2D eigenvalue weighted by atomic mass is 9.97. The first-order chi connectivity index (χ1) is 8.27. The molecule has 1 heterocycles. The highest BCUT2D eigenvalue weighted by Gasteiger charge is 2.38. The molecule has 1 unspecified atom stereocenters. The second-order valence-corrected chi connectivity index (χ2v) is 6.75. The molecule has 1 atom stereocenters. The summed E-state index contributed by atoms with van der Waals surface area (Å²) in [5.74, 6) is 1.08. The summed E-state index contributed by atoms with van der Waals surface area (Å²) in [6, 6.07) is 0.793. The fourth-order valence-corrected chi connectivity index (χ4v) is 3.77. The standard InChI is InChI=1S/C15H28N2/c1-13-6-10-16-15(8-2-3-9-15)12-17(13)11-7-14-4-5-14/h13-14,16H,2-12H2,1H3. The average Bonchev–Trinajstić information content (AvgIpc) is 3.05. The van der Waals surface area contributed by atoms with Crippen molar-refractivity contribution < 1.29 is 0 Å². The van der Waals surface area contributed by atoms with E-state index in [9.17, 15) is 0 Å². The zero-order valence-electron chi connectivity index (χ0n) is 11.4. The van der Waals surface area contributed by atoms with E-state index in [0.717, 1.165) is 12.0 Å². The smallest absolute Gasteiger partial charge is 0.0308 e. The molecule has 1 spiro atoms. The van der Waals surface area contributed by atoms with Crippen LogP contribution in [0.5, 0.6) is 0 Å². The van der Waals surface area contributed by atoms with Gasteiger partial charge in [-0.1, -0.05) is 25.7 Å². The Hall–Kier alpha value is -0.0800. The number of rotatable bonds is 3. The molecule has 2 heteroatoms. The molecule has 0 amide bonds. The molecular formula is C15H28N2. The van der Waals surface area contributed by atoms with Crippen molar-refractivity contribution in [3.63, 3.8) is 0 Å². The fourth-order valence-electron chi connectivity index (χ4n) is 3.77. The molecule has 98 valence electrons. The average molecular weight is 236 g/mol. The highest BCUT2D eigenvalue weighted by atomic mass is 15.2. The maximum Gasteiger partial charge on any atom is 0.0308 e. The van der Waals surface area contributed by atoms with Gasteiger partial charge in [-0.15, -0.1) is 0 Å². The van der Waals surface area contributed by atoms with Crippen molar-refractivity contribution in [1.29, 1.82) is 0 Å². The number of nitrogens with zero attached hydrogens (tertiary/aromatic N) is 1. The number of nitrogens with one attached hydrogen (secondary N) is 1. The molecule has 3 rings (SSSR count). The van der Waals surface area contributed by atoms with E-state index in [-0.39, 0.29) is 0 Å². The minimum absolute atomic E-state index is 0.494. The van der Waals surface area contributed by atoms with E-state index in [2.05, 4.69) is 17.1 Å². The van der Waals surface area contributed by atoms with Gasteiger partial charge < -0.3 is 5.32 Å². The zero-order valence-corrected chi connectivity index (χ0v) is 11.4. The molecule has 1 saturated heterocycles. The summed E-state index contributed by atoms with van der Waals surface area (Å²) in [4.78, 5) is 2.80. The van der Waals surface area contributed by atoms with Crippen LogP contribution in [0.2, 0.25) is 0 Å². The monoisotopic (exact) mass is 236 g/mol. The summed E-state index contributed by atoms with van der Waals surface area (Å²) in [5.41, 5.74) is 0.494. The first kappa shape index (κ1) is 12.0. The van der Waals surface area contributed by atoms with Crippen molar-refractivity contribution >= 4 is 0 Å². The van der Waals surface area contributed by atoms with E-state index in [1.165, 1.54) is 71.0 Å². The minimum Gasteiger partial charge on any atom is -0.310 e. The molecule has 0 aromatic carbocycles. The van der Waals surface area contributed by atoms with Gasteiger partial charge in [0.15, 0.2) is 0 Å². The second kappa shape index (κ2) is 4.89. The Morgan fingerprint density at radius 3 is 2.65 bits per heavy atom. The van der Waals surface area contributed by atoms with Gasteiger partial charge in [0, 0.05) is 18.1 Å². The normalized spacial score (nSPS) is 34.1. The van der Waals surface area contributed by atoms with Crippen molar-refractivity contribution in [3.05, 3.63) is 0 Å². The summed E-state index contributed by atoms with van der Waals surface area (Å²) in [5, 5.41) is 3.88. The third-order valence-corrected chi connectivity index (χ3v) is 5.27. The first-order valence-electron chi connectivity index (χ1n) is 7.77. The summed E-state index contributed by atoms with van der Waals surface area (Å²) in [6.45, 7) is 6.35. The van der Waals surface area contributed by atoms with Crippen LogP contribution in [0.15, 0.2) is 0 Å². The van der Waals surface area contributed by atoms with Gasteiger partial charge in [-0.25, -0.2) is 0 Å². The molecule has 1 aliphatic heterocycles. The zero-order chi connectivity index (χ0) is 11.7. The van der Waals surface area contributed by atoms with Gasteiger partial charge in [0.25, 0.3) is 0 Å². The van der Waals surface area contributed by atoms with E-state index >= 15 is 0 Å². The predicted molar refractivity (Wildman–Crippen MR) is 72.2 cm³/mol. The first-order valence-corrected chi connectivity index (χ1v) is 7.77. The van der Waals surface area contributed by atoms with Crippen molar-refractivity contribution in [1.82, 2.24) is 10.2 Å². The quantitative estimate of drug-likeness (QED) is 0.810. The topological polar surface area (TPSA) is 15.3 Å². The Morgan fingerprint density at radius 2 is 1.94 bits per heavy atom. The van der Waals surface area contributed by atoms with Gasteiger partial charge in [-0.3, -0.25) is 4.90 Å². The van der Waals surface area contributed by atoms with Crippen LogP contribution in [0.4, 0.5) is 0 Å². The van der Waals surface area contributed by atoms with Gasteiger partial charge >= 0.3 is 0 Å². The van der Waals surface area contributed by atoms with Crippen molar-refractivity contribution in [2.24, 2.45) is 5.92 Å². The Balaban J connectivity index is 1.61. The predicted octanol–water partition coefficient (Wildman–Crippen LogP) is 2.78. The molecular weight excluding hydrogens is 208 g/mol. The Labute approximate surface area is 106 Å². The summed E-state index contributed by atoms with van der Waals surface area (Å²) < 4.78 is 0. The van der Waals surface area contributed by atoms with Crippen molar-refractivity contribution in [2.75, 3.05) is 19.6 Å². The van der Waals surface area contributed by atoms with Crippen LogP contribution in [-0.2, 0) is 0 Å². The van der Waals surface area contributed by atoms with Crippen LogP contribution >= 0.6 is 0 Å². The van der Waals surface area contributed by atoms with Gasteiger partial charge in [-0.05, 0) is 51.6 Å². The van der Waals surface area contributed by atoms with E-state index in [1.807, 2.05) is 0 Å². The SMILES string of the molecule is CC1CCNC2(CCCC2)CN1CCC1CC1. The van der Waals surface area contributed by atoms with E-state index in [1.54, 1.807) is 0 Å². The maximum atomic E-state index is 3.88. The van der Waals surface area contributed by atoms with E-state index < -0.39 is 0 Å². The minimum atomic E-state index is 0.494. The molecule has 2 aliphatic carbocycles. The Morgan fingerprint density at radius 1 is 1.18 bits per heavy atom. The lowest BCUT2D eigenvalue weighted by Crippen LogP contribution is -2.50. The lowest BCUT2D eigenvalue weighted by molar-refractivity contribution is 0.163. The van der Waals surface area contributed by atoms with Crippen LogP contribution in [-0.4, -0.2) is 36.1 Å². The van der Waals surface area contributed by atoms with E-state index in [4.69, 9.17) is 0 Å². The Bertz CT molecular complexity index is 254. The molecule has 0 bridgehead atoms. The molecule has 3 fully saturated rings. The highest BCUT2D eigenvalue weighted by Crippen LogP contribution is 2.35. The number of hydrogen-bond acceptors (Lipinski definition) is 2. The van der Waals surface area contributed by atoms with Crippen LogP contribution in [0.25, 0.3) is 0 Å². The molecule has 17 heavy (non-hydrogen) atoms. The third-order valence-electron chi connectivity index (χ3n) is 5.27. The molecule has 0 aromatic heterocycles. The van der Waals surface area contributed by atoms with Crippen LogP contribution in [0, 0.1) is 5.92 Å². The van der Waals surface area contributed by atoms with Gasteiger partial charge in [0.05, 0.1) is 0 Å². The fraction of sp³-hybridized carbons (Fsp3) is 1.00. The third kappa shape index (κ3) is 2.85. The number of hydrogen-bond donors (Lipinski definition) is 1. The van der Waals surface area contributed by atoms with Crippen molar-refractivity contribution in [2.45, 2.75) is 69.9 Å². The van der Waals surface area contributed by atoms with Crippen LogP contribution in [0.3, 0.4) is 0 Å². The largest absolute Gasteiger partial charge is 0.310 e. The second-order valence-electron chi connectivity index (χ2n) is 6.75. The van der Waals surface area contributed by atoms with Crippen LogP contribution < -0.4 is 5.32 Å². The molecule has 2 nitrogen and oxygen atoms in total. The van der Waals surface area contributed by atoms with Crippen LogP contribution in [0.1, 0.15) is 58.3 Å². The summed E-state index contributed by atoms with van der Waals surface area (Å²) in [7, 11) is 0. The van der Waals surface area contributed by atoms with Crippen molar-refractivity contribution in [3.8, 4) is 0 Å². The molecule has 2 saturated carbocycles. The lowest BCUT2D eigenvalue weighted by Gasteiger charge is -2.35. The Kier molecular flexibility index (Phi) is 3.45.